The zero-order valence-electron chi connectivity index (χ0n) is 10.7. The number of aryl methyl sites for hydroxylation is 1. The fourth-order valence-electron chi connectivity index (χ4n) is 1.61. The van der Waals surface area contributed by atoms with Gasteiger partial charge in [0.2, 0.25) is 0 Å². The molecule has 4 nitrogen and oxygen atoms in total. The maximum Gasteiger partial charge on any atom is 0.132 e. The van der Waals surface area contributed by atoms with Crippen LogP contribution in [0.1, 0.15) is 26.1 Å². The number of anilines is 1. The quantitative estimate of drug-likeness (QED) is 0.784. The lowest BCUT2D eigenvalue weighted by Gasteiger charge is -2.25. The van der Waals surface area contributed by atoms with Crippen molar-refractivity contribution in [2.24, 2.45) is 11.7 Å². The van der Waals surface area contributed by atoms with Gasteiger partial charge < -0.3 is 10.6 Å². The number of rotatable bonds is 6. The van der Waals surface area contributed by atoms with E-state index in [0.29, 0.717) is 17.3 Å². The van der Waals surface area contributed by atoms with Crippen LogP contribution >= 0.6 is 12.2 Å². The van der Waals surface area contributed by atoms with Crippen molar-refractivity contribution in [1.82, 2.24) is 9.97 Å². The molecule has 0 fully saturated rings. The van der Waals surface area contributed by atoms with Crippen molar-refractivity contribution in [2.45, 2.75) is 27.2 Å². The Labute approximate surface area is 108 Å². The van der Waals surface area contributed by atoms with Crippen molar-refractivity contribution in [1.29, 1.82) is 0 Å². The van der Waals surface area contributed by atoms with E-state index < -0.39 is 0 Å². The minimum Gasteiger partial charge on any atom is -0.393 e. The van der Waals surface area contributed by atoms with Crippen LogP contribution in [-0.4, -0.2) is 28.0 Å². The maximum absolute atomic E-state index is 5.55. The van der Waals surface area contributed by atoms with Crippen LogP contribution in [0.4, 0.5) is 5.82 Å². The Morgan fingerprint density at radius 1 is 1.53 bits per heavy atom. The van der Waals surface area contributed by atoms with Gasteiger partial charge in [-0.1, -0.05) is 26.1 Å². The van der Waals surface area contributed by atoms with Crippen molar-refractivity contribution in [3.05, 3.63) is 18.1 Å². The number of hydrogen-bond donors (Lipinski definition) is 1. The SMILES string of the molecule is Cc1nccc(N(CCC(N)=S)CC(C)C)n1. The van der Waals surface area contributed by atoms with Crippen LogP contribution < -0.4 is 10.6 Å². The summed E-state index contributed by atoms with van der Waals surface area (Å²) in [6.45, 7) is 8.01. The van der Waals surface area contributed by atoms with E-state index in [9.17, 15) is 0 Å². The van der Waals surface area contributed by atoms with Crippen LogP contribution in [0, 0.1) is 12.8 Å². The monoisotopic (exact) mass is 252 g/mol. The van der Waals surface area contributed by atoms with Gasteiger partial charge in [0.15, 0.2) is 0 Å². The molecule has 0 aliphatic carbocycles. The van der Waals surface area contributed by atoms with Gasteiger partial charge in [0.05, 0.1) is 4.99 Å². The Morgan fingerprint density at radius 2 is 2.24 bits per heavy atom. The van der Waals surface area contributed by atoms with Gasteiger partial charge in [-0.15, -0.1) is 0 Å². The lowest BCUT2D eigenvalue weighted by molar-refractivity contribution is 0.608. The van der Waals surface area contributed by atoms with Crippen molar-refractivity contribution in [3.63, 3.8) is 0 Å². The van der Waals surface area contributed by atoms with Crippen LogP contribution in [0.2, 0.25) is 0 Å². The minimum atomic E-state index is 0.546. The molecule has 0 saturated carbocycles. The average Bonchev–Trinajstić information content (AvgIpc) is 2.23. The van der Waals surface area contributed by atoms with Gasteiger partial charge in [-0.25, -0.2) is 9.97 Å². The molecule has 17 heavy (non-hydrogen) atoms. The summed E-state index contributed by atoms with van der Waals surface area (Å²) < 4.78 is 0. The standard InChI is InChI=1S/C12H20N4S/c1-9(2)8-16(7-5-11(13)17)12-4-6-14-10(3)15-12/h4,6,9H,5,7-8H2,1-3H3,(H2,13,17). The van der Waals surface area contributed by atoms with E-state index in [1.165, 1.54) is 0 Å². The van der Waals surface area contributed by atoms with Crippen molar-refractivity contribution in [2.75, 3.05) is 18.0 Å². The molecule has 0 aliphatic rings. The molecule has 5 heteroatoms. The molecule has 0 radical (unpaired) electrons. The summed E-state index contributed by atoms with van der Waals surface area (Å²) in [5.41, 5.74) is 5.55. The van der Waals surface area contributed by atoms with Crippen molar-refractivity contribution >= 4 is 23.0 Å². The Balaban J connectivity index is 2.77. The number of nitrogens with zero attached hydrogens (tertiary/aromatic N) is 3. The highest BCUT2D eigenvalue weighted by atomic mass is 32.1. The lowest BCUT2D eigenvalue weighted by Crippen LogP contribution is -2.31. The first-order chi connectivity index (χ1) is 7.99. The summed E-state index contributed by atoms with van der Waals surface area (Å²) >= 11 is 4.92. The van der Waals surface area contributed by atoms with Gasteiger partial charge in [0, 0.05) is 25.7 Å². The van der Waals surface area contributed by atoms with Crippen molar-refractivity contribution in [3.8, 4) is 0 Å². The summed E-state index contributed by atoms with van der Waals surface area (Å²) in [5, 5.41) is 0. The Kier molecular flexibility index (Phi) is 5.28. The van der Waals surface area contributed by atoms with Gasteiger partial charge in [0.1, 0.15) is 11.6 Å². The second-order valence-electron chi connectivity index (χ2n) is 4.52. The number of thiocarbonyl (C=S) groups is 1. The average molecular weight is 252 g/mol. The highest BCUT2D eigenvalue weighted by Gasteiger charge is 2.10. The van der Waals surface area contributed by atoms with E-state index in [1.54, 1.807) is 6.20 Å². The summed E-state index contributed by atoms with van der Waals surface area (Å²) in [5.74, 6) is 2.30. The van der Waals surface area contributed by atoms with E-state index in [2.05, 4.69) is 28.7 Å². The van der Waals surface area contributed by atoms with Crippen LogP contribution in [0.3, 0.4) is 0 Å². The molecule has 1 aromatic heterocycles. The summed E-state index contributed by atoms with van der Waals surface area (Å²) in [4.78, 5) is 11.3. The summed E-state index contributed by atoms with van der Waals surface area (Å²) in [7, 11) is 0. The fraction of sp³-hybridized carbons (Fsp3) is 0.583. The third-order valence-electron chi connectivity index (χ3n) is 2.30. The second-order valence-corrected chi connectivity index (χ2v) is 5.04. The van der Waals surface area contributed by atoms with Gasteiger partial charge in [-0.3, -0.25) is 0 Å². The molecule has 0 amide bonds. The molecule has 2 N–H and O–H groups in total. The molecule has 1 rings (SSSR count). The lowest BCUT2D eigenvalue weighted by atomic mass is 10.2. The zero-order valence-corrected chi connectivity index (χ0v) is 11.5. The van der Waals surface area contributed by atoms with E-state index in [-0.39, 0.29) is 0 Å². The Bertz CT molecular complexity index is 379. The topological polar surface area (TPSA) is 55.0 Å². The predicted octanol–water partition coefficient (Wildman–Crippen LogP) is 1.92. The van der Waals surface area contributed by atoms with E-state index in [1.807, 2.05) is 13.0 Å². The van der Waals surface area contributed by atoms with Crippen LogP contribution in [-0.2, 0) is 0 Å². The fourth-order valence-corrected chi connectivity index (χ4v) is 1.70. The van der Waals surface area contributed by atoms with E-state index in [0.717, 1.165) is 24.7 Å². The first-order valence-corrected chi connectivity index (χ1v) is 6.22. The predicted molar refractivity (Wildman–Crippen MR) is 75.2 cm³/mol. The molecule has 0 aromatic carbocycles. The second kappa shape index (κ2) is 6.49. The third kappa shape index (κ3) is 5.08. The maximum atomic E-state index is 5.55. The van der Waals surface area contributed by atoms with Gasteiger partial charge in [-0.05, 0) is 18.9 Å². The highest BCUT2D eigenvalue weighted by molar-refractivity contribution is 7.80. The molecule has 1 heterocycles. The van der Waals surface area contributed by atoms with Crippen LogP contribution in [0.15, 0.2) is 12.3 Å². The molecule has 0 bridgehead atoms. The molecule has 0 atom stereocenters. The molecule has 0 aliphatic heterocycles. The highest BCUT2D eigenvalue weighted by Crippen LogP contribution is 2.12. The molecular formula is C12H20N4S. The van der Waals surface area contributed by atoms with Crippen LogP contribution in [0.25, 0.3) is 0 Å². The zero-order chi connectivity index (χ0) is 12.8. The molecule has 0 spiro atoms. The van der Waals surface area contributed by atoms with Gasteiger partial charge >= 0.3 is 0 Å². The van der Waals surface area contributed by atoms with Crippen LogP contribution in [0.5, 0.6) is 0 Å². The van der Waals surface area contributed by atoms with Gasteiger partial charge in [0.25, 0.3) is 0 Å². The molecule has 0 unspecified atom stereocenters. The third-order valence-corrected chi connectivity index (χ3v) is 2.50. The number of hydrogen-bond acceptors (Lipinski definition) is 4. The Hall–Kier alpha value is -1.23. The smallest absolute Gasteiger partial charge is 0.132 e. The first kappa shape index (κ1) is 13.8. The minimum absolute atomic E-state index is 0.546. The normalized spacial score (nSPS) is 10.6. The van der Waals surface area contributed by atoms with E-state index >= 15 is 0 Å². The van der Waals surface area contributed by atoms with E-state index in [4.69, 9.17) is 18.0 Å². The summed E-state index contributed by atoms with van der Waals surface area (Å²) in [6, 6.07) is 1.93. The molecule has 1 aromatic rings. The molecule has 94 valence electrons. The molecule has 0 saturated heterocycles. The number of aromatic nitrogens is 2. The molecular weight excluding hydrogens is 232 g/mol. The largest absolute Gasteiger partial charge is 0.393 e. The number of nitrogens with two attached hydrogens (primary N) is 1. The van der Waals surface area contributed by atoms with Gasteiger partial charge in [-0.2, -0.15) is 0 Å². The van der Waals surface area contributed by atoms with Crippen molar-refractivity contribution < 1.29 is 0 Å². The Morgan fingerprint density at radius 3 is 2.76 bits per heavy atom. The first-order valence-electron chi connectivity index (χ1n) is 5.82. The summed E-state index contributed by atoms with van der Waals surface area (Å²) in [6.07, 6.45) is 2.50.